The molecule has 0 radical (unpaired) electrons. The molecule has 0 amide bonds. The Morgan fingerprint density at radius 1 is 1.04 bits per heavy atom. The Labute approximate surface area is 143 Å². The van der Waals surface area contributed by atoms with Crippen LogP contribution >= 0.6 is 7.14 Å². The van der Waals surface area contributed by atoms with E-state index in [1.807, 2.05) is 60.7 Å². The van der Waals surface area contributed by atoms with Gasteiger partial charge in [0.1, 0.15) is 12.7 Å². The van der Waals surface area contributed by atoms with Crippen LogP contribution in [0.4, 0.5) is 0 Å². The minimum Gasteiger partial charge on any atom is -0.465 e. The lowest BCUT2D eigenvalue weighted by atomic mass is 10.0. The van der Waals surface area contributed by atoms with Gasteiger partial charge in [-0.25, -0.2) is 0 Å². The Morgan fingerprint density at radius 3 is 1.92 bits per heavy atom. The molecule has 0 saturated carbocycles. The van der Waals surface area contributed by atoms with Crippen molar-refractivity contribution < 1.29 is 14.1 Å². The van der Waals surface area contributed by atoms with Crippen molar-refractivity contribution in [3.05, 3.63) is 60.7 Å². The highest BCUT2D eigenvalue weighted by Gasteiger charge is 2.35. The van der Waals surface area contributed by atoms with Gasteiger partial charge in [-0.2, -0.15) is 0 Å². The Morgan fingerprint density at radius 2 is 1.50 bits per heavy atom. The van der Waals surface area contributed by atoms with Gasteiger partial charge in [-0.15, -0.1) is 0 Å². The number of hydrogen-bond acceptors (Lipinski definition) is 4. The van der Waals surface area contributed by atoms with Crippen molar-refractivity contribution in [1.29, 1.82) is 0 Å². The third-order valence-corrected chi connectivity index (χ3v) is 7.15. The summed E-state index contributed by atoms with van der Waals surface area (Å²) in [5.74, 6) is -0.460. The molecule has 5 heteroatoms. The number of esters is 1. The predicted molar refractivity (Wildman–Crippen MR) is 98.5 cm³/mol. The second-order valence-corrected chi connectivity index (χ2v) is 8.98. The molecule has 1 atom stereocenters. The van der Waals surface area contributed by atoms with Gasteiger partial charge in [-0.05, 0) is 20.3 Å². The van der Waals surface area contributed by atoms with E-state index in [9.17, 15) is 9.36 Å². The standard InChI is InChI=1S/C19H24NO3P/c1-3-23-18(21)19(2,20)14-15-24(22,16-10-6-4-7-11-16)17-12-8-5-9-13-17/h4-13H,3,14-15,20H2,1-2H3. The van der Waals surface area contributed by atoms with Crippen LogP contribution in [0.15, 0.2) is 60.7 Å². The highest BCUT2D eigenvalue weighted by Crippen LogP contribution is 2.44. The van der Waals surface area contributed by atoms with Gasteiger partial charge in [0.25, 0.3) is 0 Å². The molecule has 2 rings (SSSR count). The second kappa shape index (κ2) is 7.78. The second-order valence-electron chi connectivity index (χ2n) is 6.02. The van der Waals surface area contributed by atoms with Crippen LogP contribution in [-0.2, 0) is 14.1 Å². The maximum atomic E-state index is 13.8. The van der Waals surface area contributed by atoms with E-state index in [2.05, 4.69) is 0 Å². The molecule has 0 fully saturated rings. The zero-order valence-electron chi connectivity index (χ0n) is 14.1. The maximum Gasteiger partial charge on any atom is 0.325 e. The molecule has 24 heavy (non-hydrogen) atoms. The van der Waals surface area contributed by atoms with Crippen molar-refractivity contribution in [3.63, 3.8) is 0 Å². The van der Waals surface area contributed by atoms with Crippen molar-refractivity contribution in [2.24, 2.45) is 5.73 Å². The minimum atomic E-state index is -2.87. The molecule has 4 nitrogen and oxygen atoms in total. The van der Waals surface area contributed by atoms with Gasteiger partial charge in [-0.3, -0.25) is 4.79 Å². The van der Waals surface area contributed by atoms with Crippen molar-refractivity contribution in [2.75, 3.05) is 12.8 Å². The molecule has 2 aromatic rings. The lowest BCUT2D eigenvalue weighted by molar-refractivity contribution is -0.149. The molecule has 0 aliphatic carbocycles. The first kappa shape index (κ1) is 18.4. The number of carbonyl (C=O) groups excluding carboxylic acids is 1. The van der Waals surface area contributed by atoms with Gasteiger partial charge in [0.2, 0.25) is 0 Å². The Kier molecular flexibility index (Phi) is 5.98. The zero-order chi connectivity index (χ0) is 17.6. The van der Waals surface area contributed by atoms with E-state index in [0.717, 1.165) is 10.6 Å². The predicted octanol–water partition coefficient (Wildman–Crippen LogP) is 2.67. The van der Waals surface area contributed by atoms with Crippen molar-refractivity contribution in [3.8, 4) is 0 Å². The first-order valence-corrected chi connectivity index (χ1v) is 9.96. The van der Waals surface area contributed by atoms with Gasteiger partial charge < -0.3 is 15.0 Å². The summed E-state index contributed by atoms with van der Waals surface area (Å²) in [5.41, 5.74) is 4.96. The molecule has 0 spiro atoms. The van der Waals surface area contributed by atoms with Crippen LogP contribution in [0.3, 0.4) is 0 Å². The molecule has 128 valence electrons. The molecule has 2 aromatic carbocycles. The largest absolute Gasteiger partial charge is 0.465 e. The van der Waals surface area contributed by atoms with Crippen LogP contribution in [0, 0.1) is 0 Å². The average molecular weight is 345 g/mol. The molecule has 0 bridgehead atoms. The Bertz CT molecular complexity index is 670. The van der Waals surface area contributed by atoms with Crippen LogP contribution < -0.4 is 16.3 Å². The van der Waals surface area contributed by atoms with Gasteiger partial charge in [-0.1, -0.05) is 60.7 Å². The summed E-state index contributed by atoms with van der Waals surface area (Å²) in [6.07, 6.45) is 0.597. The summed E-state index contributed by atoms with van der Waals surface area (Å²) >= 11 is 0. The van der Waals surface area contributed by atoms with Crippen LogP contribution in [0.2, 0.25) is 0 Å². The molecular formula is C19H24NO3P. The first-order valence-electron chi connectivity index (χ1n) is 8.06. The number of rotatable bonds is 7. The summed E-state index contributed by atoms with van der Waals surface area (Å²) in [6.45, 7) is 3.65. The van der Waals surface area contributed by atoms with Gasteiger partial charge in [0.15, 0.2) is 0 Å². The van der Waals surface area contributed by atoms with Crippen molar-refractivity contribution >= 4 is 23.7 Å². The fourth-order valence-corrected chi connectivity index (χ4v) is 5.43. The first-order chi connectivity index (χ1) is 11.4. The van der Waals surface area contributed by atoms with E-state index in [0.29, 0.717) is 6.16 Å². The van der Waals surface area contributed by atoms with Gasteiger partial charge >= 0.3 is 5.97 Å². The molecular weight excluding hydrogens is 321 g/mol. The van der Waals surface area contributed by atoms with Crippen LogP contribution in [-0.4, -0.2) is 24.3 Å². The SMILES string of the molecule is CCOC(=O)C(C)(N)CCP(=O)(c1ccccc1)c1ccccc1. The molecule has 0 aliphatic rings. The number of benzene rings is 2. The van der Waals surface area contributed by atoms with E-state index in [4.69, 9.17) is 10.5 Å². The quantitative estimate of drug-likeness (QED) is 0.619. The molecule has 0 saturated heterocycles. The summed E-state index contributed by atoms with van der Waals surface area (Å²) in [4.78, 5) is 12.0. The van der Waals surface area contributed by atoms with Gasteiger partial charge in [0, 0.05) is 16.8 Å². The lowest BCUT2D eigenvalue weighted by Gasteiger charge is -2.26. The monoisotopic (exact) mass is 345 g/mol. The molecule has 1 unspecified atom stereocenters. The molecule has 0 heterocycles. The molecule has 0 aliphatic heterocycles. The van der Waals surface area contributed by atoms with Crippen LogP contribution in [0.5, 0.6) is 0 Å². The van der Waals surface area contributed by atoms with E-state index >= 15 is 0 Å². The highest BCUT2D eigenvalue weighted by molar-refractivity contribution is 7.78. The van der Waals surface area contributed by atoms with E-state index in [1.54, 1.807) is 13.8 Å². The van der Waals surface area contributed by atoms with Gasteiger partial charge in [0.05, 0.1) is 6.61 Å². The highest BCUT2D eigenvalue weighted by atomic mass is 31.2. The number of hydrogen-bond donors (Lipinski definition) is 1. The van der Waals surface area contributed by atoms with Crippen molar-refractivity contribution in [2.45, 2.75) is 25.8 Å². The lowest BCUT2D eigenvalue weighted by Crippen LogP contribution is -2.47. The van der Waals surface area contributed by atoms with E-state index in [-0.39, 0.29) is 13.0 Å². The minimum absolute atomic E-state index is 0.278. The Hall–Kier alpha value is -1.90. The topological polar surface area (TPSA) is 69.4 Å². The molecule has 0 aromatic heterocycles. The summed E-state index contributed by atoms with van der Waals surface area (Å²) in [5, 5.41) is 1.55. The Balaban J connectivity index is 2.32. The number of carbonyl (C=O) groups is 1. The summed E-state index contributed by atoms with van der Waals surface area (Å²) < 4.78 is 18.9. The normalized spacial score (nSPS) is 14.0. The average Bonchev–Trinajstić information content (AvgIpc) is 2.61. The maximum absolute atomic E-state index is 13.8. The third kappa shape index (κ3) is 4.14. The van der Waals surface area contributed by atoms with E-state index in [1.165, 1.54) is 0 Å². The summed E-state index contributed by atoms with van der Waals surface area (Å²) in [7, 11) is -2.87. The number of ether oxygens (including phenoxy) is 1. The fraction of sp³-hybridized carbons (Fsp3) is 0.316. The molecule has 2 N–H and O–H groups in total. The fourth-order valence-electron chi connectivity index (χ4n) is 2.53. The van der Waals surface area contributed by atoms with Crippen molar-refractivity contribution in [1.82, 2.24) is 0 Å². The smallest absolute Gasteiger partial charge is 0.325 e. The van der Waals surface area contributed by atoms with Crippen LogP contribution in [0.1, 0.15) is 20.3 Å². The third-order valence-electron chi connectivity index (χ3n) is 4.03. The number of nitrogens with two attached hydrogens (primary N) is 1. The zero-order valence-corrected chi connectivity index (χ0v) is 15.0. The van der Waals surface area contributed by atoms with E-state index < -0.39 is 18.7 Å². The van der Waals surface area contributed by atoms with Crippen LogP contribution in [0.25, 0.3) is 0 Å². The summed E-state index contributed by atoms with van der Waals surface area (Å²) in [6, 6.07) is 18.7.